The zero-order chi connectivity index (χ0) is 19.0. The van der Waals surface area contributed by atoms with E-state index in [9.17, 15) is 0 Å². The Bertz CT molecular complexity index is 837. The van der Waals surface area contributed by atoms with Gasteiger partial charge in [0.2, 0.25) is 0 Å². The van der Waals surface area contributed by atoms with E-state index < -0.39 is 0 Å². The summed E-state index contributed by atoms with van der Waals surface area (Å²) in [6.45, 7) is 10.0. The number of halogens is 3. The van der Waals surface area contributed by atoms with Gasteiger partial charge in [-0.2, -0.15) is 0 Å². The first-order valence-corrected chi connectivity index (χ1v) is 9.79. The smallest absolute Gasteiger partial charge is 0.166 e. The molecule has 134 valence electrons. The minimum absolute atomic E-state index is 0.349. The minimum atomic E-state index is 0.349. The number of aromatic nitrogens is 2. The zero-order valence-electron chi connectivity index (χ0n) is 14.2. The van der Waals surface area contributed by atoms with Gasteiger partial charge in [0.05, 0.1) is 21.1 Å². The number of ether oxygens (including phenoxy) is 1. The lowest BCUT2D eigenvalue weighted by Crippen LogP contribution is -1.87. The normalized spacial score (nSPS) is 9.68. The molecule has 0 unspecified atom stereocenters. The molecule has 0 aliphatic rings. The average molecular weight is 418 g/mol. The Morgan fingerprint density at radius 3 is 2.36 bits per heavy atom. The molecule has 3 nitrogen and oxygen atoms in total. The molecule has 3 aromatic rings. The van der Waals surface area contributed by atoms with Crippen molar-refractivity contribution in [3.05, 3.63) is 58.6 Å². The fourth-order valence-corrected chi connectivity index (χ4v) is 2.78. The van der Waals surface area contributed by atoms with Crippen LogP contribution in [0, 0.1) is 0 Å². The second kappa shape index (κ2) is 10.6. The van der Waals surface area contributed by atoms with Crippen LogP contribution in [0.4, 0.5) is 0 Å². The molecule has 2 aromatic carbocycles. The summed E-state index contributed by atoms with van der Waals surface area (Å²) in [6, 6.07) is 8.73. The molecule has 3 rings (SSSR count). The quantitative estimate of drug-likeness (QED) is 0.348. The van der Waals surface area contributed by atoms with Gasteiger partial charge in [-0.1, -0.05) is 66.5 Å². The Balaban J connectivity index is 0.000000730. The van der Waals surface area contributed by atoms with E-state index in [0.717, 1.165) is 16.2 Å². The van der Waals surface area contributed by atoms with Crippen molar-refractivity contribution < 1.29 is 4.74 Å². The molecule has 0 aliphatic carbocycles. The Kier molecular flexibility index (Phi) is 9.22. The molecule has 0 bridgehead atoms. The molecule has 0 radical (unpaired) electrons. The highest BCUT2D eigenvalue weighted by Gasteiger charge is 2.12. The van der Waals surface area contributed by atoms with E-state index in [4.69, 9.17) is 39.5 Å². The fourth-order valence-electron chi connectivity index (χ4n) is 1.84. The van der Waals surface area contributed by atoms with Crippen molar-refractivity contribution in [2.24, 2.45) is 0 Å². The number of benzene rings is 2. The fraction of sp³-hybridized carbons (Fsp3) is 0.167. The van der Waals surface area contributed by atoms with Gasteiger partial charge in [0.25, 0.3) is 0 Å². The maximum absolute atomic E-state index is 6.24. The van der Waals surface area contributed by atoms with Gasteiger partial charge >= 0.3 is 0 Å². The predicted octanol–water partition coefficient (Wildman–Crippen LogP) is 7.87. The van der Waals surface area contributed by atoms with E-state index in [-0.39, 0.29) is 0 Å². The van der Waals surface area contributed by atoms with Crippen molar-refractivity contribution in [1.29, 1.82) is 0 Å². The van der Waals surface area contributed by atoms with Crippen LogP contribution in [0.5, 0.6) is 11.5 Å². The van der Waals surface area contributed by atoms with Crippen molar-refractivity contribution in [1.82, 2.24) is 9.97 Å². The lowest BCUT2D eigenvalue weighted by atomic mass is 10.3. The summed E-state index contributed by atoms with van der Waals surface area (Å²) in [4.78, 5) is 7.59. The minimum Gasteiger partial charge on any atom is -0.454 e. The van der Waals surface area contributed by atoms with Crippen LogP contribution in [-0.2, 0) is 0 Å². The van der Waals surface area contributed by atoms with Crippen molar-refractivity contribution in [2.45, 2.75) is 19.0 Å². The predicted molar refractivity (Wildman–Crippen MR) is 112 cm³/mol. The molecule has 0 amide bonds. The molecule has 1 aromatic heterocycles. The molecule has 0 atom stereocenters. The van der Waals surface area contributed by atoms with Crippen LogP contribution in [0.25, 0.3) is 11.0 Å². The van der Waals surface area contributed by atoms with Crippen molar-refractivity contribution in [3.63, 3.8) is 0 Å². The lowest BCUT2D eigenvalue weighted by Gasteiger charge is -2.09. The topological polar surface area (TPSA) is 37.9 Å². The van der Waals surface area contributed by atoms with Crippen molar-refractivity contribution >= 4 is 57.6 Å². The van der Waals surface area contributed by atoms with Crippen LogP contribution in [0.2, 0.25) is 15.1 Å². The molecule has 0 saturated heterocycles. The van der Waals surface area contributed by atoms with Gasteiger partial charge in [0.1, 0.15) is 16.5 Å². The highest BCUT2D eigenvalue weighted by atomic mass is 35.5. The Labute approximate surface area is 167 Å². The van der Waals surface area contributed by atoms with Gasteiger partial charge in [0, 0.05) is 6.07 Å². The molecule has 7 heteroatoms. The van der Waals surface area contributed by atoms with Gasteiger partial charge in [-0.3, -0.25) is 0 Å². The first-order chi connectivity index (χ1) is 12.1. The molecule has 25 heavy (non-hydrogen) atoms. The first-order valence-electron chi connectivity index (χ1n) is 7.43. The van der Waals surface area contributed by atoms with Crippen LogP contribution in [0.15, 0.2) is 48.6 Å². The van der Waals surface area contributed by atoms with E-state index in [2.05, 4.69) is 23.1 Å². The maximum atomic E-state index is 6.24. The second-order valence-electron chi connectivity index (χ2n) is 4.20. The summed E-state index contributed by atoms with van der Waals surface area (Å²) in [5.74, 6) is 0.929. The summed E-state index contributed by atoms with van der Waals surface area (Å²) in [6.07, 6.45) is 1.95. The number of thioether (sulfide) groups is 1. The monoisotopic (exact) mass is 416 g/mol. The third-order valence-electron chi connectivity index (χ3n) is 2.84. The number of nitrogens with zero attached hydrogens (tertiary/aromatic N) is 1. The summed E-state index contributed by atoms with van der Waals surface area (Å²) in [5.41, 5.74) is 1.63. The van der Waals surface area contributed by atoms with Crippen LogP contribution in [0.1, 0.15) is 13.8 Å². The highest BCUT2D eigenvalue weighted by Crippen LogP contribution is 2.38. The van der Waals surface area contributed by atoms with E-state index in [1.54, 1.807) is 30.3 Å². The number of fused-ring (bicyclic) bond motifs is 1. The largest absolute Gasteiger partial charge is 0.454 e. The Morgan fingerprint density at radius 1 is 1.04 bits per heavy atom. The van der Waals surface area contributed by atoms with E-state index in [1.165, 1.54) is 11.8 Å². The molecular weight excluding hydrogens is 399 g/mol. The van der Waals surface area contributed by atoms with Gasteiger partial charge in [-0.15, -0.1) is 13.2 Å². The Hall–Kier alpha value is -1.33. The number of imidazole rings is 1. The third-order valence-corrected chi connectivity index (χ3v) is 4.52. The molecule has 1 N–H and O–H groups in total. The third kappa shape index (κ3) is 5.32. The first kappa shape index (κ1) is 21.7. The number of aromatic amines is 1. The van der Waals surface area contributed by atoms with Crippen LogP contribution in [0.3, 0.4) is 0 Å². The standard InChI is InChI=1S/C14H9Cl3N2OS.C2H6.C2H4/c1-21-14-18-9-5-8(16)12(6-10(9)19-14)20-11-4-2-3-7(15)13(11)17;2*1-2/h2-6H,1H3,(H,18,19);1-2H3;1-2H2. The summed E-state index contributed by atoms with van der Waals surface area (Å²) in [7, 11) is 0. The molecule has 0 fully saturated rings. The van der Waals surface area contributed by atoms with Crippen LogP contribution >= 0.6 is 46.6 Å². The second-order valence-corrected chi connectivity index (χ2v) is 6.19. The lowest BCUT2D eigenvalue weighted by molar-refractivity contribution is 0.484. The van der Waals surface area contributed by atoms with Gasteiger partial charge in [-0.25, -0.2) is 4.98 Å². The SMILES string of the molecule is C=C.CC.CSc1nc2cc(Oc3cccc(Cl)c3Cl)c(Cl)cc2[nH]1. The van der Waals surface area contributed by atoms with Gasteiger partial charge in [-0.05, 0) is 24.5 Å². The van der Waals surface area contributed by atoms with E-state index >= 15 is 0 Å². The molecule has 1 heterocycles. The average Bonchev–Trinajstić information content (AvgIpc) is 3.04. The van der Waals surface area contributed by atoms with E-state index in [0.29, 0.717) is 26.6 Å². The summed E-state index contributed by atoms with van der Waals surface area (Å²) < 4.78 is 5.76. The van der Waals surface area contributed by atoms with Gasteiger partial charge < -0.3 is 9.72 Å². The van der Waals surface area contributed by atoms with Crippen molar-refractivity contribution in [2.75, 3.05) is 6.26 Å². The number of rotatable bonds is 3. The number of H-pyrrole nitrogens is 1. The van der Waals surface area contributed by atoms with E-state index in [1.807, 2.05) is 20.1 Å². The highest BCUT2D eigenvalue weighted by molar-refractivity contribution is 7.98. The zero-order valence-corrected chi connectivity index (χ0v) is 17.3. The molecule has 0 spiro atoms. The number of hydrogen-bond acceptors (Lipinski definition) is 3. The molecular formula is C18H19Cl3N2OS. The Morgan fingerprint density at radius 2 is 1.72 bits per heavy atom. The van der Waals surface area contributed by atoms with Gasteiger partial charge in [0.15, 0.2) is 5.16 Å². The van der Waals surface area contributed by atoms with Crippen LogP contribution < -0.4 is 4.74 Å². The summed E-state index contributed by atoms with van der Waals surface area (Å²) in [5, 5.41) is 2.06. The van der Waals surface area contributed by atoms with Crippen molar-refractivity contribution in [3.8, 4) is 11.5 Å². The molecule has 0 saturated carbocycles. The summed E-state index contributed by atoms with van der Waals surface area (Å²) >= 11 is 19.9. The number of hydrogen-bond donors (Lipinski definition) is 1. The van der Waals surface area contributed by atoms with Crippen LogP contribution in [-0.4, -0.2) is 16.2 Å². The molecule has 0 aliphatic heterocycles. The number of nitrogens with one attached hydrogen (secondary N) is 1. The maximum Gasteiger partial charge on any atom is 0.166 e.